The highest BCUT2D eigenvalue weighted by Crippen LogP contribution is 2.29. The second-order valence-corrected chi connectivity index (χ2v) is 3.57. The predicted molar refractivity (Wildman–Crippen MR) is 55.0 cm³/mol. The number of rotatable bonds is 2. The van der Waals surface area contributed by atoms with Gasteiger partial charge in [-0.1, -0.05) is 39.3 Å². The van der Waals surface area contributed by atoms with Gasteiger partial charge in [0.15, 0.2) is 12.0 Å². The van der Waals surface area contributed by atoms with Gasteiger partial charge >= 0.3 is 0 Å². The minimum Gasteiger partial charge on any atom is -0.363 e. The highest BCUT2D eigenvalue weighted by atomic mass is 79.9. The zero-order valence-electron chi connectivity index (χ0n) is 7.11. The van der Waals surface area contributed by atoms with Crippen molar-refractivity contribution in [3.8, 4) is 11.1 Å². The van der Waals surface area contributed by atoms with Crippen molar-refractivity contribution >= 4 is 22.2 Å². The fourth-order valence-corrected chi connectivity index (χ4v) is 1.71. The number of aldehydes is 1. The highest BCUT2D eigenvalue weighted by molar-refractivity contribution is 9.10. The molecule has 14 heavy (non-hydrogen) atoms. The lowest BCUT2D eigenvalue weighted by molar-refractivity contribution is 0.111. The Morgan fingerprint density at radius 2 is 2.07 bits per heavy atom. The van der Waals surface area contributed by atoms with E-state index in [-0.39, 0.29) is 0 Å². The highest BCUT2D eigenvalue weighted by Gasteiger charge is 2.10. The van der Waals surface area contributed by atoms with Crippen LogP contribution >= 0.6 is 15.9 Å². The van der Waals surface area contributed by atoms with Crippen LogP contribution in [0, 0.1) is 0 Å². The summed E-state index contributed by atoms with van der Waals surface area (Å²) in [7, 11) is 0. The molecule has 0 aliphatic carbocycles. The van der Waals surface area contributed by atoms with E-state index < -0.39 is 0 Å². The van der Waals surface area contributed by atoms with Crippen molar-refractivity contribution in [3.63, 3.8) is 0 Å². The maximum atomic E-state index is 10.6. The number of halogens is 1. The molecule has 4 heteroatoms. The van der Waals surface area contributed by atoms with E-state index in [1.54, 1.807) is 0 Å². The molecular weight excluding hydrogens is 246 g/mol. The van der Waals surface area contributed by atoms with E-state index in [1.165, 1.54) is 6.26 Å². The van der Waals surface area contributed by atoms with Gasteiger partial charge in [0.25, 0.3) is 0 Å². The number of nitrogens with zero attached hydrogens (tertiary/aromatic N) is 1. The fraction of sp³-hybridized carbons (Fsp3) is 0. The molecule has 0 amide bonds. The average Bonchev–Trinajstić information content (AvgIpc) is 2.66. The second-order valence-electron chi connectivity index (χ2n) is 2.71. The lowest BCUT2D eigenvalue weighted by atomic mass is 10.1. The molecule has 0 aliphatic heterocycles. The Morgan fingerprint density at radius 3 is 2.79 bits per heavy atom. The third-order valence-corrected chi connectivity index (χ3v) is 2.56. The predicted octanol–water partition coefficient (Wildman–Crippen LogP) is 2.92. The van der Waals surface area contributed by atoms with Gasteiger partial charge in [-0.2, -0.15) is 0 Å². The molecule has 3 nitrogen and oxygen atoms in total. The van der Waals surface area contributed by atoms with Gasteiger partial charge in [-0.05, 0) is 6.07 Å². The maximum absolute atomic E-state index is 10.6. The molecule has 0 N–H and O–H groups in total. The van der Waals surface area contributed by atoms with Crippen molar-refractivity contribution < 1.29 is 9.32 Å². The van der Waals surface area contributed by atoms with Crippen LogP contribution in [0.5, 0.6) is 0 Å². The molecule has 0 fully saturated rings. The van der Waals surface area contributed by atoms with Gasteiger partial charge in [-0.3, -0.25) is 4.79 Å². The van der Waals surface area contributed by atoms with Crippen molar-refractivity contribution in [2.24, 2.45) is 0 Å². The molecule has 0 unspecified atom stereocenters. The maximum Gasteiger partial charge on any atom is 0.172 e. The first-order chi connectivity index (χ1) is 6.83. The van der Waals surface area contributed by atoms with Gasteiger partial charge in [0.2, 0.25) is 0 Å². The van der Waals surface area contributed by atoms with Crippen molar-refractivity contribution in [2.75, 3.05) is 0 Å². The first-order valence-electron chi connectivity index (χ1n) is 3.97. The Labute approximate surface area is 88.8 Å². The first kappa shape index (κ1) is 9.15. The Hall–Kier alpha value is -1.42. The zero-order chi connectivity index (χ0) is 9.97. The van der Waals surface area contributed by atoms with E-state index in [9.17, 15) is 4.79 Å². The van der Waals surface area contributed by atoms with E-state index in [0.29, 0.717) is 17.5 Å². The summed E-state index contributed by atoms with van der Waals surface area (Å²) in [5, 5.41) is 3.59. The van der Waals surface area contributed by atoms with Crippen LogP contribution in [-0.2, 0) is 0 Å². The van der Waals surface area contributed by atoms with Crippen LogP contribution in [0.4, 0.5) is 0 Å². The number of hydrogen-bond donors (Lipinski definition) is 0. The molecule has 0 aliphatic rings. The summed E-state index contributed by atoms with van der Waals surface area (Å²) < 4.78 is 5.65. The molecule has 0 bridgehead atoms. The van der Waals surface area contributed by atoms with E-state index in [0.717, 1.165) is 10.0 Å². The van der Waals surface area contributed by atoms with Crippen LogP contribution in [0.1, 0.15) is 10.5 Å². The van der Waals surface area contributed by atoms with E-state index in [4.69, 9.17) is 4.52 Å². The molecule has 0 atom stereocenters. The topological polar surface area (TPSA) is 43.1 Å². The van der Waals surface area contributed by atoms with Gasteiger partial charge in [-0.15, -0.1) is 0 Å². The zero-order valence-corrected chi connectivity index (χ0v) is 8.69. The number of benzene rings is 1. The lowest BCUT2D eigenvalue weighted by Gasteiger charge is -1.99. The van der Waals surface area contributed by atoms with Gasteiger partial charge in [0, 0.05) is 10.0 Å². The average molecular weight is 252 g/mol. The summed E-state index contributed by atoms with van der Waals surface area (Å²) in [5.41, 5.74) is 1.92. The second kappa shape index (κ2) is 3.75. The minimum absolute atomic E-state index is 0.317. The third-order valence-electron chi connectivity index (χ3n) is 1.87. The Morgan fingerprint density at radius 1 is 1.29 bits per heavy atom. The van der Waals surface area contributed by atoms with Crippen LogP contribution in [0.3, 0.4) is 0 Å². The molecule has 0 saturated carbocycles. The number of carbonyl (C=O) groups excluding carboxylic acids is 1. The normalized spacial score (nSPS) is 10.1. The van der Waals surface area contributed by atoms with Crippen LogP contribution in [0.25, 0.3) is 11.1 Å². The van der Waals surface area contributed by atoms with Crippen molar-refractivity contribution in [3.05, 3.63) is 40.7 Å². The number of carbonyl (C=O) groups is 1. The summed E-state index contributed by atoms with van der Waals surface area (Å²) in [6.45, 7) is 0. The Kier molecular flexibility index (Phi) is 2.45. The summed E-state index contributed by atoms with van der Waals surface area (Å²) in [4.78, 5) is 10.6. The summed E-state index contributed by atoms with van der Waals surface area (Å²) >= 11 is 3.40. The van der Waals surface area contributed by atoms with E-state index >= 15 is 0 Å². The lowest BCUT2D eigenvalue weighted by Crippen LogP contribution is -1.84. The molecule has 1 aromatic carbocycles. The molecular formula is C10H6BrNO2. The van der Waals surface area contributed by atoms with Crippen LogP contribution < -0.4 is 0 Å². The molecule has 1 aromatic heterocycles. The van der Waals surface area contributed by atoms with Crippen LogP contribution in [-0.4, -0.2) is 11.4 Å². The summed E-state index contributed by atoms with van der Waals surface area (Å²) in [5.74, 6) is 0. The van der Waals surface area contributed by atoms with Gasteiger partial charge in [0.1, 0.15) is 6.26 Å². The molecule has 70 valence electrons. The molecule has 0 saturated heterocycles. The fourth-order valence-electron chi connectivity index (χ4n) is 1.21. The number of aromatic nitrogens is 1. The van der Waals surface area contributed by atoms with E-state index in [2.05, 4.69) is 21.1 Å². The van der Waals surface area contributed by atoms with Crippen molar-refractivity contribution in [1.82, 2.24) is 5.16 Å². The van der Waals surface area contributed by atoms with Crippen LogP contribution in [0.15, 0.2) is 39.5 Å². The number of hydrogen-bond acceptors (Lipinski definition) is 3. The van der Waals surface area contributed by atoms with Gasteiger partial charge in [0.05, 0.1) is 5.56 Å². The molecule has 1 heterocycles. The minimum atomic E-state index is 0.317. The molecule has 0 radical (unpaired) electrons. The monoisotopic (exact) mass is 251 g/mol. The Bertz CT molecular complexity index is 465. The van der Waals surface area contributed by atoms with Crippen molar-refractivity contribution in [2.45, 2.75) is 0 Å². The standard InChI is InChI=1S/C10H6BrNO2/c11-9-4-2-1-3-7(9)8-6-14-12-10(8)5-13/h1-6H. The summed E-state index contributed by atoms with van der Waals surface area (Å²) in [6, 6.07) is 7.59. The van der Waals surface area contributed by atoms with Crippen LogP contribution in [0.2, 0.25) is 0 Å². The van der Waals surface area contributed by atoms with Gasteiger partial charge < -0.3 is 4.52 Å². The Balaban J connectivity index is 2.60. The first-order valence-corrected chi connectivity index (χ1v) is 4.76. The van der Waals surface area contributed by atoms with E-state index in [1.807, 2.05) is 24.3 Å². The van der Waals surface area contributed by atoms with Crippen molar-refractivity contribution in [1.29, 1.82) is 0 Å². The SMILES string of the molecule is O=Cc1nocc1-c1ccccc1Br. The smallest absolute Gasteiger partial charge is 0.172 e. The largest absolute Gasteiger partial charge is 0.363 e. The quantitative estimate of drug-likeness (QED) is 0.771. The third kappa shape index (κ3) is 1.48. The van der Waals surface area contributed by atoms with Gasteiger partial charge in [-0.25, -0.2) is 0 Å². The molecule has 0 spiro atoms. The molecule has 2 rings (SSSR count). The molecule has 2 aromatic rings. The summed E-state index contributed by atoms with van der Waals surface area (Å²) in [6.07, 6.45) is 2.14.